The summed E-state index contributed by atoms with van der Waals surface area (Å²) in [5, 5.41) is 28.7. The maximum absolute atomic E-state index is 11.3. The molecule has 1 heterocycles. The van der Waals surface area contributed by atoms with Crippen LogP contribution in [-0.2, 0) is 0 Å². The number of hydrogen-bond donors (Lipinski definition) is 4. The first kappa shape index (κ1) is 21.5. The molecule has 31 heavy (non-hydrogen) atoms. The van der Waals surface area contributed by atoms with Crippen molar-refractivity contribution in [1.82, 2.24) is 4.98 Å². The van der Waals surface area contributed by atoms with Gasteiger partial charge in [-0.3, -0.25) is 4.79 Å². The molecule has 0 saturated heterocycles. The Hall–Kier alpha value is -4.19. The predicted octanol–water partition coefficient (Wildman–Crippen LogP) is 4.82. The smallest absolute Gasteiger partial charge is 0.248 e. The summed E-state index contributed by atoms with van der Waals surface area (Å²) in [7, 11) is 1.59. The molecule has 0 atom stereocenters. The van der Waals surface area contributed by atoms with E-state index in [9.17, 15) is 15.0 Å². The molecule has 6 nitrogen and oxygen atoms in total. The number of methoxy groups -OCH3 is 1. The summed E-state index contributed by atoms with van der Waals surface area (Å²) in [6.45, 7) is 1.91. The number of aromatic hydroxyl groups is 3. The van der Waals surface area contributed by atoms with Crippen LogP contribution in [0.25, 0.3) is 23.1 Å². The van der Waals surface area contributed by atoms with Crippen LogP contribution in [-0.4, -0.2) is 27.4 Å². The Morgan fingerprint density at radius 1 is 0.806 bits per heavy atom. The van der Waals surface area contributed by atoms with Crippen molar-refractivity contribution in [2.24, 2.45) is 0 Å². The molecule has 0 radical (unpaired) electrons. The largest absolute Gasteiger partial charge is 0.508 e. The minimum absolute atomic E-state index is 0.0235. The molecule has 4 rings (SSSR count). The van der Waals surface area contributed by atoms with Gasteiger partial charge in [0.05, 0.1) is 12.6 Å². The molecule has 0 aliphatic rings. The fourth-order valence-corrected chi connectivity index (χ4v) is 3.08. The van der Waals surface area contributed by atoms with E-state index in [1.807, 2.05) is 31.2 Å². The van der Waals surface area contributed by atoms with Crippen LogP contribution < -0.4 is 10.3 Å². The van der Waals surface area contributed by atoms with Crippen LogP contribution in [0.1, 0.15) is 16.7 Å². The normalized spacial score (nSPS) is 10.6. The van der Waals surface area contributed by atoms with Gasteiger partial charge in [-0.2, -0.15) is 0 Å². The lowest BCUT2D eigenvalue weighted by Gasteiger charge is -2.05. The number of rotatable bonds is 3. The summed E-state index contributed by atoms with van der Waals surface area (Å²) in [4.78, 5) is 14.0. The highest BCUT2D eigenvalue weighted by Gasteiger charge is 2.03. The van der Waals surface area contributed by atoms with E-state index >= 15 is 0 Å². The van der Waals surface area contributed by atoms with Gasteiger partial charge in [0, 0.05) is 17.5 Å². The first-order valence-corrected chi connectivity index (χ1v) is 9.52. The van der Waals surface area contributed by atoms with Crippen molar-refractivity contribution in [3.63, 3.8) is 0 Å². The summed E-state index contributed by atoms with van der Waals surface area (Å²) < 4.78 is 5.17. The second-order valence-corrected chi connectivity index (χ2v) is 6.91. The zero-order chi connectivity index (χ0) is 22.4. The third kappa shape index (κ3) is 5.67. The van der Waals surface area contributed by atoms with Gasteiger partial charge >= 0.3 is 0 Å². The van der Waals surface area contributed by atoms with Crippen molar-refractivity contribution in [2.45, 2.75) is 6.92 Å². The van der Waals surface area contributed by atoms with Gasteiger partial charge in [0.25, 0.3) is 0 Å². The Labute approximate surface area is 179 Å². The number of aromatic amines is 1. The zero-order valence-corrected chi connectivity index (χ0v) is 17.2. The maximum atomic E-state index is 11.3. The molecule has 0 spiro atoms. The number of phenolic OH excluding ortho intramolecular Hbond substituents is 3. The Kier molecular flexibility index (Phi) is 6.62. The number of aromatic nitrogens is 1. The van der Waals surface area contributed by atoms with E-state index < -0.39 is 0 Å². The molecule has 158 valence electrons. The lowest BCUT2D eigenvalue weighted by atomic mass is 10.1. The van der Waals surface area contributed by atoms with Crippen molar-refractivity contribution in [3.8, 4) is 23.0 Å². The SMILES string of the molecule is COc1cccc2c(C)cc(=O)[nH]c12.Oc1ccc(C=Cc2cc(O)cc(O)c2)cc1. The highest BCUT2D eigenvalue weighted by atomic mass is 16.5. The molecule has 0 saturated carbocycles. The van der Waals surface area contributed by atoms with Crippen LogP contribution in [0.5, 0.6) is 23.0 Å². The number of ether oxygens (including phenoxy) is 1. The second-order valence-electron chi connectivity index (χ2n) is 6.91. The van der Waals surface area contributed by atoms with Gasteiger partial charge in [0.1, 0.15) is 23.0 Å². The molecule has 0 fully saturated rings. The number of aryl methyl sites for hydroxylation is 1. The summed E-state index contributed by atoms with van der Waals surface area (Å²) in [5.74, 6) is 0.964. The van der Waals surface area contributed by atoms with Gasteiger partial charge in [0.15, 0.2) is 0 Å². The van der Waals surface area contributed by atoms with Crippen LogP contribution >= 0.6 is 0 Å². The van der Waals surface area contributed by atoms with Crippen molar-refractivity contribution >= 4 is 23.1 Å². The van der Waals surface area contributed by atoms with E-state index in [1.54, 1.807) is 55.7 Å². The van der Waals surface area contributed by atoms with Crippen LogP contribution in [0.15, 0.2) is 71.5 Å². The minimum Gasteiger partial charge on any atom is -0.508 e. The zero-order valence-electron chi connectivity index (χ0n) is 17.2. The molecule has 0 amide bonds. The van der Waals surface area contributed by atoms with Gasteiger partial charge in [-0.25, -0.2) is 0 Å². The summed E-state index contributed by atoms with van der Waals surface area (Å²) in [6, 6.07) is 18.4. The standard InChI is InChI=1S/C14H12O3.C11H11NO2/c15-12-5-3-10(4-6-12)1-2-11-7-13(16)9-14(17)8-11;1-7-6-10(13)12-11-8(7)4-3-5-9(11)14-2/h1-9,15-17H;3-6H,1-2H3,(H,12,13). The molecule has 0 aliphatic carbocycles. The van der Waals surface area contributed by atoms with E-state index in [1.165, 1.54) is 6.07 Å². The number of H-pyrrole nitrogens is 1. The highest BCUT2D eigenvalue weighted by molar-refractivity contribution is 5.86. The maximum Gasteiger partial charge on any atom is 0.248 e. The molecule has 3 aromatic carbocycles. The third-order valence-corrected chi connectivity index (χ3v) is 4.55. The van der Waals surface area contributed by atoms with Crippen LogP contribution in [0.3, 0.4) is 0 Å². The third-order valence-electron chi connectivity index (χ3n) is 4.55. The minimum atomic E-state index is -0.0977. The van der Waals surface area contributed by atoms with E-state index in [-0.39, 0.29) is 22.8 Å². The van der Waals surface area contributed by atoms with Gasteiger partial charge in [-0.15, -0.1) is 0 Å². The first-order valence-electron chi connectivity index (χ1n) is 9.52. The van der Waals surface area contributed by atoms with Crippen LogP contribution in [0.2, 0.25) is 0 Å². The summed E-state index contributed by atoms with van der Waals surface area (Å²) in [6.07, 6.45) is 3.60. The van der Waals surface area contributed by atoms with Gasteiger partial charge in [-0.1, -0.05) is 36.4 Å². The lowest BCUT2D eigenvalue weighted by molar-refractivity contribution is 0.419. The molecule has 4 aromatic rings. The van der Waals surface area contributed by atoms with E-state index in [2.05, 4.69) is 4.98 Å². The number of para-hydroxylation sites is 1. The number of benzene rings is 3. The van der Waals surface area contributed by atoms with Crippen LogP contribution in [0, 0.1) is 6.92 Å². The molecule has 1 aromatic heterocycles. The average Bonchev–Trinajstić information content (AvgIpc) is 2.73. The van der Waals surface area contributed by atoms with Gasteiger partial charge in [-0.05, 0) is 53.9 Å². The van der Waals surface area contributed by atoms with Gasteiger partial charge < -0.3 is 25.0 Å². The van der Waals surface area contributed by atoms with E-state index in [0.717, 1.165) is 22.0 Å². The van der Waals surface area contributed by atoms with Gasteiger partial charge in [0.2, 0.25) is 5.56 Å². The molecule has 4 N–H and O–H groups in total. The van der Waals surface area contributed by atoms with Crippen molar-refractivity contribution in [2.75, 3.05) is 7.11 Å². The van der Waals surface area contributed by atoms with Crippen LogP contribution in [0.4, 0.5) is 0 Å². The summed E-state index contributed by atoms with van der Waals surface area (Å²) >= 11 is 0. The summed E-state index contributed by atoms with van der Waals surface area (Å²) in [5.41, 5.74) is 3.25. The Balaban J connectivity index is 0.000000179. The molecular formula is C25H23NO5. The Morgan fingerprint density at radius 2 is 1.45 bits per heavy atom. The molecule has 0 bridgehead atoms. The predicted molar refractivity (Wildman–Crippen MR) is 123 cm³/mol. The second kappa shape index (κ2) is 9.54. The van der Waals surface area contributed by atoms with Crippen molar-refractivity contribution in [1.29, 1.82) is 0 Å². The molecular weight excluding hydrogens is 394 g/mol. The fraction of sp³-hybridized carbons (Fsp3) is 0.0800. The molecule has 6 heteroatoms. The highest BCUT2D eigenvalue weighted by Crippen LogP contribution is 2.24. The average molecular weight is 417 g/mol. The van der Waals surface area contributed by atoms with Crippen molar-refractivity contribution < 1.29 is 20.1 Å². The number of nitrogens with one attached hydrogen (secondary N) is 1. The quantitative estimate of drug-likeness (QED) is 0.358. The number of phenols is 3. The number of hydrogen-bond acceptors (Lipinski definition) is 5. The van der Waals surface area contributed by atoms with Crippen molar-refractivity contribution in [3.05, 3.63) is 93.8 Å². The first-order chi connectivity index (χ1) is 14.9. The monoisotopic (exact) mass is 417 g/mol. The molecule has 0 aliphatic heterocycles. The fourth-order valence-electron chi connectivity index (χ4n) is 3.08. The Morgan fingerprint density at radius 3 is 2.10 bits per heavy atom. The Bertz CT molecular complexity index is 1250. The number of pyridine rings is 1. The van der Waals surface area contributed by atoms with E-state index in [4.69, 9.17) is 9.84 Å². The lowest BCUT2D eigenvalue weighted by Crippen LogP contribution is -2.05. The van der Waals surface area contributed by atoms with E-state index in [0.29, 0.717) is 11.3 Å². The number of fused-ring (bicyclic) bond motifs is 1. The topological polar surface area (TPSA) is 103 Å². The molecule has 0 unspecified atom stereocenters.